The molecule has 0 heterocycles. The van der Waals surface area contributed by atoms with Crippen molar-refractivity contribution in [2.24, 2.45) is 0 Å². The average Bonchev–Trinajstić information content (AvgIpc) is 2.46. The fourth-order valence-electron chi connectivity index (χ4n) is 1.73. The second-order valence-corrected chi connectivity index (χ2v) is 6.57. The van der Waals surface area contributed by atoms with Crippen molar-refractivity contribution in [1.29, 1.82) is 0 Å². The van der Waals surface area contributed by atoms with Crippen LogP contribution in [0.5, 0.6) is 5.75 Å². The molecule has 0 fully saturated rings. The molecule has 0 aromatic heterocycles. The highest BCUT2D eigenvalue weighted by Gasteiger charge is 2.24. The van der Waals surface area contributed by atoms with Gasteiger partial charge in [0.15, 0.2) is 0 Å². The molecule has 0 radical (unpaired) electrons. The van der Waals surface area contributed by atoms with Crippen LogP contribution in [0.4, 0.5) is 0 Å². The molecule has 0 saturated heterocycles. The van der Waals surface area contributed by atoms with Gasteiger partial charge in [-0.15, -0.1) is 11.6 Å². The Hall–Kier alpha value is -0.820. The van der Waals surface area contributed by atoms with Crippen molar-refractivity contribution in [3.63, 3.8) is 0 Å². The first-order valence-corrected chi connectivity index (χ1v) is 8.13. The molecule has 0 N–H and O–H groups in total. The molecular formula is C13H20ClNO4S. The zero-order valence-electron chi connectivity index (χ0n) is 11.9. The van der Waals surface area contributed by atoms with E-state index < -0.39 is 10.0 Å². The summed E-state index contributed by atoms with van der Waals surface area (Å²) in [7, 11) is 0.992. The molecule has 0 bridgehead atoms. The lowest BCUT2D eigenvalue weighted by molar-refractivity contribution is 0.189. The summed E-state index contributed by atoms with van der Waals surface area (Å²) >= 11 is 5.74. The first-order chi connectivity index (χ1) is 9.47. The second-order valence-electron chi connectivity index (χ2n) is 4.29. The number of halogens is 1. The third-order valence-electron chi connectivity index (χ3n) is 2.89. The maximum atomic E-state index is 12.5. The van der Waals surface area contributed by atoms with Gasteiger partial charge in [0, 0.05) is 33.2 Å². The summed E-state index contributed by atoms with van der Waals surface area (Å²) in [5, 5.41) is 0. The quantitative estimate of drug-likeness (QED) is 0.543. The third-order valence-corrected chi connectivity index (χ3v) is 5.10. The highest BCUT2D eigenvalue weighted by Crippen LogP contribution is 2.27. The summed E-state index contributed by atoms with van der Waals surface area (Å²) in [6, 6.07) is 4.85. The van der Waals surface area contributed by atoms with Crippen molar-refractivity contribution in [2.75, 3.05) is 34.4 Å². The number of ether oxygens (including phenoxy) is 2. The zero-order valence-corrected chi connectivity index (χ0v) is 13.5. The molecule has 0 atom stereocenters. The molecule has 0 saturated carbocycles. The SMILES string of the molecule is COCCCN(C)S(=O)(=O)c1ccc(CCl)cc1OC. The van der Waals surface area contributed by atoms with Crippen LogP contribution in [0.3, 0.4) is 0 Å². The fraction of sp³-hybridized carbons (Fsp3) is 0.538. The summed E-state index contributed by atoms with van der Waals surface area (Å²) < 4.78 is 36.3. The number of hydrogen-bond donors (Lipinski definition) is 0. The van der Waals surface area contributed by atoms with Crippen molar-refractivity contribution >= 4 is 21.6 Å². The van der Waals surface area contributed by atoms with Gasteiger partial charge in [0.1, 0.15) is 10.6 Å². The van der Waals surface area contributed by atoms with Gasteiger partial charge in [0.25, 0.3) is 0 Å². The average molecular weight is 322 g/mol. The van der Waals surface area contributed by atoms with Crippen LogP contribution in [0.15, 0.2) is 23.1 Å². The van der Waals surface area contributed by atoms with Gasteiger partial charge in [0.2, 0.25) is 10.0 Å². The second kappa shape index (κ2) is 7.83. The summed E-state index contributed by atoms with van der Waals surface area (Å²) in [6.45, 7) is 0.902. The maximum Gasteiger partial charge on any atom is 0.246 e. The number of benzene rings is 1. The van der Waals surface area contributed by atoms with E-state index in [4.69, 9.17) is 21.1 Å². The molecule has 7 heteroatoms. The van der Waals surface area contributed by atoms with Crippen LogP contribution in [-0.2, 0) is 20.6 Å². The van der Waals surface area contributed by atoms with E-state index in [1.807, 2.05) is 0 Å². The van der Waals surface area contributed by atoms with Crippen molar-refractivity contribution < 1.29 is 17.9 Å². The van der Waals surface area contributed by atoms with Crippen LogP contribution in [0.2, 0.25) is 0 Å². The largest absolute Gasteiger partial charge is 0.495 e. The lowest BCUT2D eigenvalue weighted by Crippen LogP contribution is -2.29. The summed E-state index contributed by atoms with van der Waals surface area (Å²) in [4.78, 5) is 0.147. The third kappa shape index (κ3) is 4.09. The molecule has 0 aliphatic heterocycles. The van der Waals surface area contributed by atoms with E-state index in [1.165, 1.54) is 17.5 Å². The molecule has 0 unspecified atom stereocenters. The van der Waals surface area contributed by atoms with Gasteiger partial charge in [-0.3, -0.25) is 0 Å². The van der Waals surface area contributed by atoms with E-state index >= 15 is 0 Å². The molecule has 0 aliphatic rings. The molecule has 0 spiro atoms. The Bertz CT molecular complexity index is 533. The number of methoxy groups -OCH3 is 2. The predicted octanol–water partition coefficient (Wildman–Crippen LogP) is 2.09. The van der Waals surface area contributed by atoms with Gasteiger partial charge in [-0.25, -0.2) is 12.7 Å². The Kier molecular flexibility index (Phi) is 6.75. The molecule has 1 rings (SSSR count). The van der Waals surface area contributed by atoms with Crippen molar-refractivity contribution in [2.45, 2.75) is 17.2 Å². The Morgan fingerprint density at radius 2 is 2.00 bits per heavy atom. The van der Waals surface area contributed by atoms with Crippen LogP contribution in [-0.4, -0.2) is 47.1 Å². The summed E-state index contributed by atoms with van der Waals surface area (Å²) in [5.41, 5.74) is 0.810. The van der Waals surface area contributed by atoms with Crippen LogP contribution in [0.25, 0.3) is 0 Å². The molecule has 0 amide bonds. The Labute approximate surface area is 125 Å². The van der Waals surface area contributed by atoms with Crippen LogP contribution in [0, 0.1) is 0 Å². The Morgan fingerprint density at radius 3 is 2.55 bits per heavy atom. The van der Waals surface area contributed by atoms with Crippen molar-refractivity contribution in [3.05, 3.63) is 23.8 Å². The van der Waals surface area contributed by atoms with Gasteiger partial charge in [0.05, 0.1) is 7.11 Å². The lowest BCUT2D eigenvalue weighted by Gasteiger charge is -2.19. The number of rotatable bonds is 8. The molecule has 20 heavy (non-hydrogen) atoms. The van der Waals surface area contributed by atoms with E-state index in [1.54, 1.807) is 26.3 Å². The van der Waals surface area contributed by atoms with Crippen molar-refractivity contribution in [1.82, 2.24) is 4.31 Å². The smallest absolute Gasteiger partial charge is 0.246 e. The fourth-order valence-corrected chi connectivity index (χ4v) is 3.24. The van der Waals surface area contributed by atoms with Gasteiger partial charge < -0.3 is 9.47 Å². The number of nitrogens with zero attached hydrogens (tertiary/aromatic N) is 1. The number of sulfonamides is 1. The topological polar surface area (TPSA) is 55.8 Å². The van der Waals surface area contributed by atoms with E-state index in [2.05, 4.69) is 0 Å². The highest BCUT2D eigenvalue weighted by atomic mass is 35.5. The van der Waals surface area contributed by atoms with Gasteiger partial charge in [-0.05, 0) is 24.1 Å². The van der Waals surface area contributed by atoms with Crippen LogP contribution >= 0.6 is 11.6 Å². The number of alkyl halides is 1. The minimum atomic E-state index is -3.58. The monoisotopic (exact) mass is 321 g/mol. The Balaban J connectivity index is 3.02. The van der Waals surface area contributed by atoms with Gasteiger partial charge >= 0.3 is 0 Å². The van der Waals surface area contributed by atoms with E-state index in [-0.39, 0.29) is 4.90 Å². The van der Waals surface area contributed by atoms with Gasteiger partial charge in [-0.2, -0.15) is 0 Å². The molecular weight excluding hydrogens is 302 g/mol. The van der Waals surface area contributed by atoms with E-state index in [9.17, 15) is 8.42 Å². The molecule has 0 aliphatic carbocycles. The Morgan fingerprint density at radius 1 is 1.30 bits per heavy atom. The minimum absolute atomic E-state index is 0.147. The summed E-state index contributed by atoms with van der Waals surface area (Å²) in [6.07, 6.45) is 0.633. The zero-order chi connectivity index (χ0) is 15.2. The minimum Gasteiger partial charge on any atom is -0.495 e. The highest BCUT2D eigenvalue weighted by molar-refractivity contribution is 7.89. The van der Waals surface area contributed by atoms with Crippen LogP contribution < -0.4 is 4.74 Å². The van der Waals surface area contributed by atoms with Gasteiger partial charge in [-0.1, -0.05) is 6.07 Å². The normalized spacial score (nSPS) is 11.8. The lowest BCUT2D eigenvalue weighted by atomic mass is 10.2. The molecule has 1 aromatic rings. The molecule has 5 nitrogen and oxygen atoms in total. The molecule has 114 valence electrons. The van der Waals surface area contributed by atoms with E-state index in [0.717, 1.165) is 5.56 Å². The van der Waals surface area contributed by atoms with E-state index in [0.29, 0.717) is 31.2 Å². The summed E-state index contributed by atoms with van der Waals surface area (Å²) in [5.74, 6) is 0.613. The number of hydrogen-bond acceptors (Lipinski definition) is 4. The molecule has 1 aromatic carbocycles. The van der Waals surface area contributed by atoms with Crippen molar-refractivity contribution in [3.8, 4) is 5.75 Å². The van der Waals surface area contributed by atoms with Crippen LogP contribution in [0.1, 0.15) is 12.0 Å². The predicted molar refractivity (Wildman–Crippen MR) is 78.9 cm³/mol. The maximum absolute atomic E-state index is 12.5. The standard InChI is InChI=1S/C13H20ClNO4S/c1-15(7-4-8-18-2)20(16,17)13-6-5-11(10-14)9-12(13)19-3/h5-6,9H,4,7-8,10H2,1-3H3. The first-order valence-electron chi connectivity index (χ1n) is 6.15. The first kappa shape index (κ1) is 17.2.